The van der Waals surface area contributed by atoms with Gasteiger partial charge in [0.15, 0.2) is 4.73 Å². The molecule has 0 aromatic carbocycles. The Hall–Kier alpha value is -0.380. The van der Waals surface area contributed by atoms with Crippen molar-refractivity contribution >= 4 is 15.9 Å². The van der Waals surface area contributed by atoms with Gasteiger partial charge in [-0.05, 0) is 22.4 Å². The molecule has 0 aliphatic carbocycles. The van der Waals surface area contributed by atoms with Crippen LogP contribution >= 0.6 is 15.9 Å². The lowest BCUT2D eigenvalue weighted by Crippen LogP contribution is -1.98. The predicted octanol–water partition coefficient (Wildman–Crippen LogP) is 1.45. The number of halogens is 1. The molecule has 0 saturated carbocycles. The van der Waals surface area contributed by atoms with Gasteiger partial charge in [-0.3, -0.25) is 0 Å². The van der Waals surface area contributed by atoms with Gasteiger partial charge in [-0.2, -0.15) is 5.10 Å². The van der Waals surface area contributed by atoms with Gasteiger partial charge in [0.05, 0.1) is 0 Å². The minimum atomic E-state index is 0.810. The van der Waals surface area contributed by atoms with Crippen LogP contribution in [0.1, 0.15) is 13.3 Å². The molecule has 1 aromatic heterocycles. The molecular formula is C5H8BrN3. The molecule has 0 radical (unpaired) electrons. The Kier molecular flexibility index (Phi) is 2.22. The summed E-state index contributed by atoms with van der Waals surface area (Å²) in [5.74, 6) is 0. The number of hydrogen-bond acceptors (Lipinski definition) is 2. The second kappa shape index (κ2) is 2.96. The monoisotopic (exact) mass is 189 g/mol. The number of nitrogens with zero attached hydrogens (tertiary/aromatic N) is 3. The highest BCUT2D eigenvalue weighted by Gasteiger charge is 1.95. The minimum Gasteiger partial charge on any atom is -0.240 e. The fraction of sp³-hybridized carbons (Fsp3) is 0.600. The van der Waals surface area contributed by atoms with E-state index in [-0.39, 0.29) is 0 Å². The average Bonchev–Trinajstić information content (AvgIpc) is 2.18. The number of hydrogen-bond donors (Lipinski definition) is 0. The zero-order valence-corrected chi connectivity index (χ0v) is 6.80. The molecule has 0 spiro atoms. The van der Waals surface area contributed by atoms with Crippen LogP contribution in [0.3, 0.4) is 0 Å². The van der Waals surface area contributed by atoms with Gasteiger partial charge >= 0.3 is 0 Å². The van der Waals surface area contributed by atoms with E-state index in [1.807, 2.05) is 4.68 Å². The molecule has 0 bridgehead atoms. The molecule has 0 aliphatic rings. The van der Waals surface area contributed by atoms with E-state index < -0.39 is 0 Å². The summed E-state index contributed by atoms with van der Waals surface area (Å²) < 4.78 is 2.63. The predicted molar refractivity (Wildman–Crippen MR) is 38.0 cm³/mol. The van der Waals surface area contributed by atoms with Gasteiger partial charge in [-0.15, -0.1) is 0 Å². The zero-order valence-electron chi connectivity index (χ0n) is 5.21. The molecule has 0 amide bonds. The van der Waals surface area contributed by atoms with Crippen LogP contribution in [0.4, 0.5) is 0 Å². The molecule has 50 valence electrons. The van der Waals surface area contributed by atoms with Gasteiger partial charge in [-0.1, -0.05) is 6.92 Å². The first kappa shape index (κ1) is 6.74. The summed E-state index contributed by atoms with van der Waals surface area (Å²) in [6, 6.07) is 0. The molecule has 1 rings (SSSR count). The Labute approximate surface area is 62.2 Å². The van der Waals surface area contributed by atoms with E-state index in [1.54, 1.807) is 6.33 Å². The van der Waals surface area contributed by atoms with Crippen molar-refractivity contribution in [2.75, 3.05) is 0 Å². The van der Waals surface area contributed by atoms with Crippen molar-refractivity contribution in [2.24, 2.45) is 0 Å². The summed E-state index contributed by atoms with van der Waals surface area (Å²) in [6.45, 7) is 3.04. The van der Waals surface area contributed by atoms with Crippen LogP contribution in [0.15, 0.2) is 11.1 Å². The van der Waals surface area contributed by atoms with Crippen LogP contribution in [0.5, 0.6) is 0 Å². The van der Waals surface area contributed by atoms with Crippen molar-refractivity contribution in [1.82, 2.24) is 14.8 Å². The van der Waals surface area contributed by atoms with E-state index in [4.69, 9.17) is 0 Å². The van der Waals surface area contributed by atoms with Crippen molar-refractivity contribution in [3.8, 4) is 0 Å². The fourth-order valence-electron chi connectivity index (χ4n) is 0.612. The molecule has 0 saturated heterocycles. The van der Waals surface area contributed by atoms with E-state index in [0.717, 1.165) is 17.7 Å². The van der Waals surface area contributed by atoms with Gasteiger partial charge in [-0.25, -0.2) is 9.67 Å². The highest BCUT2D eigenvalue weighted by atomic mass is 79.9. The van der Waals surface area contributed by atoms with E-state index in [1.165, 1.54) is 0 Å². The van der Waals surface area contributed by atoms with Crippen LogP contribution in [-0.4, -0.2) is 14.8 Å². The van der Waals surface area contributed by atoms with Crippen LogP contribution in [-0.2, 0) is 6.54 Å². The van der Waals surface area contributed by atoms with E-state index >= 15 is 0 Å². The highest BCUT2D eigenvalue weighted by Crippen LogP contribution is 2.02. The molecule has 3 nitrogen and oxygen atoms in total. The van der Waals surface area contributed by atoms with Crippen LogP contribution in [0.25, 0.3) is 0 Å². The molecule has 1 heterocycles. The number of aromatic nitrogens is 3. The van der Waals surface area contributed by atoms with Gasteiger partial charge in [0, 0.05) is 6.54 Å². The lowest BCUT2D eigenvalue weighted by atomic mass is 10.5. The van der Waals surface area contributed by atoms with E-state index in [2.05, 4.69) is 32.9 Å². The quantitative estimate of drug-likeness (QED) is 0.706. The lowest BCUT2D eigenvalue weighted by molar-refractivity contribution is 0.588. The highest BCUT2D eigenvalue weighted by molar-refractivity contribution is 9.10. The van der Waals surface area contributed by atoms with Crippen LogP contribution in [0, 0.1) is 0 Å². The largest absolute Gasteiger partial charge is 0.240 e. The zero-order chi connectivity index (χ0) is 6.69. The number of aryl methyl sites for hydroxylation is 1. The third kappa shape index (κ3) is 1.51. The van der Waals surface area contributed by atoms with Crippen LogP contribution < -0.4 is 0 Å². The molecule has 0 N–H and O–H groups in total. The minimum absolute atomic E-state index is 0.810. The van der Waals surface area contributed by atoms with Crippen molar-refractivity contribution in [2.45, 2.75) is 19.9 Å². The first-order chi connectivity index (χ1) is 4.34. The normalized spacial score (nSPS) is 10.0. The fourth-order valence-corrected chi connectivity index (χ4v) is 0.972. The third-order valence-corrected chi connectivity index (χ3v) is 1.62. The third-order valence-electron chi connectivity index (χ3n) is 1.00. The number of rotatable bonds is 2. The second-order valence-electron chi connectivity index (χ2n) is 1.75. The SMILES string of the molecule is CCCn1ncnc1Br. The Morgan fingerprint density at radius 1 is 1.78 bits per heavy atom. The molecule has 0 atom stereocenters. The molecular weight excluding hydrogens is 182 g/mol. The molecule has 0 fully saturated rings. The van der Waals surface area contributed by atoms with E-state index in [0.29, 0.717) is 0 Å². The molecule has 0 unspecified atom stereocenters. The van der Waals surface area contributed by atoms with Gasteiger partial charge < -0.3 is 0 Å². The van der Waals surface area contributed by atoms with E-state index in [9.17, 15) is 0 Å². The summed E-state index contributed by atoms with van der Waals surface area (Å²) in [7, 11) is 0. The van der Waals surface area contributed by atoms with Gasteiger partial charge in [0.25, 0.3) is 0 Å². The summed E-state index contributed by atoms with van der Waals surface area (Å²) in [5, 5.41) is 3.96. The Morgan fingerprint density at radius 2 is 2.56 bits per heavy atom. The maximum absolute atomic E-state index is 3.96. The van der Waals surface area contributed by atoms with Crippen molar-refractivity contribution < 1.29 is 0 Å². The maximum atomic E-state index is 3.96. The average molecular weight is 190 g/mol. The standard InChI is InChI=1S/C5H8BrN3/c1-2-3-9-5(6)7-4-8-9/h4H,2-3H2,1H3. The summed E-state index contributed by atoms with van der Waals surface area (Å²) >= 11 is 3.26. The lowest BCUT2D eigenvalue weighted by Gasteiger charge is -1.95. The van der Waals surface area contributed by atoms with Gasteiger partial charge in [0.1, 0.15) is 6.33 Å². The van der Waals surface area contributed by atoms with Crippen molar-refractivity contribution in [3.05, 3.63) is 11.1 Å². The smallest absolute Gasteiger partial charge is 0.195 e. The molecule has 0 aliphatic heterocycles. The second-order valence-corrected chi connectivity index (χ2v) is 2.46. The summed E-state index contributed by atoms with van der Waals surface area (Å²) in [6.07, 6.45) is 2.63. The first-order valence-corrected chi connectivity index (χ1v) is 3.67. The Morgan fingerprint density at radius 3 is 3.00 bits per heavy atom. The van der Waals surface area contributed by atoms with Crippen LogP contribution in [0.2, 0.25) is 0 Å². The maximum Gasteiger partial charge on any atom is 0.195 e. The molecule has 4 heteroatoms. The Bertz CT molecular complexity index is 184. The Balaban J connectivity index is 2.69. The molecule has 1 aromatic rings. The topological polar surface area (TPSA) is 30.7 Å². The van der Waals surface area contributed by atoms with Crippen molar-refractivity contribution in [1.29, 1.82) is 0 Å². The summed E-state index contributed by atoms with van der Waals surface area (Å²) in [5.41, 5.74) is 0. The van der Waals surface area contributed by atoms with Gasteiger partial charge in [0.2, 0.25) is 0 Å². The first-order valence-electron chi connectivity index (χ1n) is 2.88. The summed E-state index contributed by atoms with van der Waals surface area (Å²) in [4.78, 5) is 3.90. The van der Waals surface area contributed by atoms with Crippen molar-refractivity contribution in [3.63, 3.8) is 0 Å². The molecule has 9 heavy (non-hydrogen) atoms.